The fourth-order valence-electron chi connectivity index (χ4n) is 3.30. The van der Waals surface area contributed by atoms with Gasteiger partial charge in [0.2, 0.25) is 0 Å². The fourth-order valence-corrected chi connectivity index (χ4v) is 3.30. The molecule has 21 heavy (non-hydrogen) atoms. The zero-order chi connectivity index (χ0) is 15.1. The van der Waals surface area contributed by atoms with E-state index in [2.05, 4.69) is 24.0 Å². The molecule has 2 atom stereocenters. The molecule has 1 aliphatic rings. The van der Waals surface area contributed by atoms with Crippen molar-refractivity contribution in [2.24, 2.45) is 5.73 Å². The lowest BCUT2D eigenvalue weighted by Crippen LogP contribution is -2.43. The van der Waals surface area contributed by atoms with Crippen LogP contribution in [-0.4, -0.2) is 30.6 Å². The molecule has 1 heterocycles. The van der Waals surface area contributed by atoms with Crippen molar-refractivity contribution in [3.05, 3.63) is 29.8 Å². The third kappa shape index (κ3) is 4.72. The highest BCUT2D eigenvalue weighted by molar-refractivity contribution is 5.29. The second-order valence-electron chi connectivity index (χ2n) is 6.04. The van der Waals surface area contributed by atoms with Crippen molar-refractivity contribution in [1.29, 1.82) is 0 Å². The van der Waals surface area contributed by atoms with Gasteiger partial charge in [0.1, 0.15) is 5.75 Å². The minimum Gasteiger partial charge on any atom is -0.494 e. The number of nitrogens with zero attached hydrogens (tertiary/aromatic N) is 1. The fraction of sp³-hybridized carbons (Fsp3) is 0.667. The Morgan fingerprint density at radius 3 is 2.67 bits per heavy atom. The maximum Gasteiger partial charge on any atom is 0.119 e. The lowest BCUT2D eigenvalue weighted by molar-refractivity contribution is 0.131. The largest absolute Gasteiger partial charge is 0.494 e. The van der Waals surface area contributed by atoms with Gasteiger partial charge in [-0.1, -0.05) is 31.9 Å². The van der Waals surface area contributed by atoms with Crippen molar-refractivity contribution in [1.82, 2.24) is 4.90 Å². The van der Waals surface area contributed by atoms with E-state index in [4.69, 9.17) is 10.5 Å². The van der Waals surface area contributed by atoms with Gasteiger partial charge in [0.15, 0.2) is 0 Å². The average Bonchev–Trinajstić information content (AvgIpc) is 2.50. The standard InChI is InChI=1S/C18H30N2O/c1-3-7-16-8-5-6-13-20(16)14-18(19)15-9-11-17(12-10-15)21-4-2/h9-12,16,18H,3-8,13-14,19H2,1-2H3. The van der Waals surface area contributed by atoms with Crippen molar-refractivity contribution < 1.29 is 4.74 Å². The number of hydrogen-bond acceptors (Lipinski definition) is 3. The van der Waals surface area contributed by atoms with Crippen molar-refractivity contribution in [2.45, 2.75) is 58.0 Å². The van der Waals surface area contributed by atoms with E-state index in [1.807, 2.05) is 19.1 Å². The topological polar surface area (TPSA) is 38.5 Å². The number of likely N-dealkylation sites (tertiary alicyclic amines) is 1. The first kappa shape index (κ1) is 16.3. The van der Waals surface area contributed by atoms with E-state index in [9.17, 15) is 0 Å². The van der Waals surface area contributed by atoms with E-state index in [1.54, 1.807) is 0 Å². The molecule has 0 radical (unpaired) electrons. The molecule has 0 aliphatic carbocycles. The van der Waals surface area contributed by atoms with Gasteiger partial charge in [-0.25, -0.2) is 0 Å². The summed E-state index contributed by atoms with van der Waals surface area (Å²) < 4.78 is 5.49. The van der Waals surface area contributed by atoms with Crippen LogP contribution < -0.4 is 10.5 Å². The normalized spacial score (nSPS) is 21.2. The van der Waals surface area contributed by atoms with Crippen molar-refractivity contribution in [3.63, 3.8) is 0 Å². The summed E-state index contributed by atoms with van der Waals surface area (Å²) in [7, 11) is 0. The zero-order valence-corrected chi connectivity index (χ0v) is 13.6. The third-order valence-electron chi connectivity index (χ3n) is 4.42. The Balaban J connectivity index is 1.93. The second kappa shape index (κ2) is 8.40. The van der Waals surface area contributed by atoms with Crippen molar-refractivity contribution in [3.8, 4) is 5.75 Å². The number of hydrogen-bond donors (Lipinski definition) is 1. The molecule has 1 saturated heterocycles. The lowest BCUT2D eigenvalue weighted by Gasteiger charge is -2.37. The van der Waals surface area contributed by atoms with Gasteiger partial charge in [-0.2, -0.15) is 0 Å². The van der Waals surface area contributed by atoms with E-state index in [-0.39, 0.29) is 6.04 Å². The van der Waals surface area contributed by atoms with E-state index < -0.39 is 0 Å². The Hall–Kier alpha value is -1.06. The molecule has 0 bridgehead atoms. The number of rotatable bonds is 7. The number of piperidine rings is 1. The van der Waals surface area contributed by atoms with Gasteiger partial charge >= 0.3 is 0 Å². The third-order valence-corrected chi connectivity index (χ3v) is 4.42. The molecule has 1 aromatic rings. The Kier molecular flexibility index (Phi) is 6.52. The van der Waals surface area contributed by atoms with E-state index in [0.717, 1.165) is 18.3 Å². The summed E-state index contributed by atoms with van der Waals surface area (Å²) in [6.07, 6.45) is 6.59. The average molecular weight is 290 g/mol. The van der Waals surface area contributed by atoms with Gasteiger partial charge in [0, 0.05) is 18.6 Å². The van der Waals surface area contributed by atoms with E-state index >= 15 is 0 Å². The Morgan fingerprint density at radius 2 is 2.00 bits per heavy atom. The molecular weight excluding hydrogens is 260 g/mol. The Bertz CT molecular complexity index is 402. The monoisotopic (exact) mass is 290 g/mol. The first-order valence-corrected chi connectivity index (χ1v) is 8.47. The van der Waals surface area contributed by atoms with Crippen LogP contribution in [0.4, 0.5) is 0 Å². The van der Waals surface area contributed by atoms with Crippen LogP contribution in [0.25, 0.3) is 0 Å². The molecule has 0 aromatic heterocycles. The predicted octanol–water partition coefficient (Wildman–Crippen LogP) is 3.74. The minimum absolute atomic E-state index is 0.0955. The Labute approximate surface area is 129 Å². The predicted molar refractivity (Wildman–Crippen MR) is 88.7 cm³/mol. The highest BCUT2D eigenvalue weighted by atomic mass is 16.5. The summed E-state index contributed by atoms with van der Waals surface area (Å²) in [5.41, 5.74) is 7.63. The molecule has 2 rings (SSSR count). The molecular formula is C18H30N2O. The van der Waals surface area contributed by atoms with Crippen molar-refractivity contribution in [2.75, 3.05) is 19.7 Å². The van der Waals surface area contributed by atoms with Crippen LogP contribution in [-0.2, 0) is 0 Å². The van der Waals surface area contributed by atoms with Crippen LogP contribution in [0.15, 0.2) is 24.3 Å². The molecule has 1 aliphatic heterocycles. The van der Waals surface area contributed by atoms with Crippen LogP contribution in [0.3, 0.4) is 0 Å². The first-order valence-electron chi connectivity index (χ1n) is 8.47. The summed E-state index contributed by atoms with van der Waals surface area (Å²) in [4.78, 5) is 2.61. The number of benzene rings is 1. The lowest BCUT2D eigenvalue weighted by atomic mass is 9.96. The zero-order valence-electron chi connectivity index (χ0n) is 13.6. The van der Waals surface area contributed by atoms with Crippen LogP contribution in [0.2, 0.25) is 0 Å². The molecule has 1 aromatic carbocycles. The molecule has 1 fully saturated rings. The summed E-state index contributed by atoms with van der Waals surface area (Å²) in [6.45, 7) is 7.16. The van der Waals surface area contributed by atoms with Crippen LogP contribution >= 0.6 is 0 Å². The van der Waals surface area contributed by atoms with Crippen LogP contribution in [0.5, 0.6) is 5.75 Å². The molecule has 2 unspecified atom stereocenters. The van der Waals surface area contributed by atoms with Gasteiger partial charge < -0.3 is 10.5 Å². The molecule has 0 saturated carbocycles. The molecule has 0 spiro atoms. The van der Waals surface area contributed by atoms with Gasteiger partial charge in [-0.15, -0.1) is 0 Å². The SMILES string of the molecule is CCCC1CCCCN1CC(N)c1ccc(OCC)cc1. The summed E-state index contributed by atoms with van der Waals surface area (Å²) in [6, 6.07) is 9.09. The molecule has 2 N–H and O–H groups in total. The first-order chi connectivity index (χ1) is 10.2. The van der Waals surface area contributed by atoms with Gasteiger partial charge in [0.25, 0.3) is 0 Å². The smallest absolute Gasteiger partial charge is 0.119 e. The molecule has 3 nitrogen and oxygen atoms in total. The van der Waals surface area contributed by atoms with Crippen LogP contribution in [0, 0.1) is 0 Å². The summed E-state index contributed by atoms with van der Waals surface area (Å²) >= 11 is 0. The summed E-state index contributed by atoms with van der Waals surface area (Å²) in [5, 5.41) is 0. The van der Waals surface area contributed by atoms with E-state index in [0.29, 0.717) is 6.61 Å². The van der Waals surface area contributed by atoms with Gasteiger partial charge in [-0.3, -0.25) is 4.90 Å². The number of nitrogens with two attached hydrogens (primary N) is 1. The highest BCUT2D eigenvalue weighted by Gasteiger charge is 2.23. The molecule has 0 amide bonds. The van der Waals surface area contributed by atoms with Gasteiger partial charge in [-0.05, 0) is 50.4 Å². The quantitative estimate of drug-likeness (QED) is 0.831. The maximum absolute atomic E-state index is 6.43. The molecule has 118 valence electrons. The van der Waals surface area contributed by atoms with Crippen molar-refractivity contribution >= 4 is 0 Å². The highest BCUT2D eigenvalue weighted by Crippen LogP contribution is 2.24. The Morgan fingerprint density at radius 1 is 1.24 bits per heavy atom. The second-order valence-corrected chi connectivity index (χ2v) is 6.04. The maximum atomic E-state index is 6.43. The van der Waals surface area contributed by atoms with E-state index in [1.165, 1.54) is 44.2 Å². The minimum atomic E-state index is 0.0955. The number of ether oxygens (including phenoxy) is 1. The molecule has 3 heteroatoms. The van der Waals surface area contributed by atoms with Crippen LogP contribution in [0.1, 0.15) is 57.6 Å². The van der Waals surface area contributed by atoms with Gasteiger partial charge in [0.05, 0.1) is 6.61 Å². The summed E-state index contributed by atoms with van der Waals surface area (Å²) in [5.74, 6) is 0.926.